The molecule has 0 radical (unpaired) electrons. The zero-order chi connectivity index (χ0) is 21.8. The number of hydrogen-bond donors (Lipinski definition) is 3. The summed E-state index contributed by atoms with van der Waals surface area (Å²) in [7, 11) is -4.00. The molecule has 0 aliphatic heterocycles. The Labute approximate surface area is 179 Å². The first-order valence-corrected chi connectivity index (χ1v) is 11.0. The SMILES string of the molecule is CCNC(=O)C(C)NC(=O)c1cc(S(=O)(=O)Nc2ccc(C)c(Cl)c2)ccc1Cl. The number of amides is 2. The number of carbonyl (C=O) groups excluding carboxylic acids is 2. The van der Waals surface area contributed by atoms with Gasteiger partial charge in [-0.2, -0.15) is 0 Å². The highest BCUT2D eigenvalue weighted by molar-refractivity contribution is 7.92. The van der Waals surface area contributed by atoms with Gasteiger partial charge in [-0.25, -0.2) is 8.42 Å². The van der Waals surface area contributed by atoms with E-state index in [4.69, 9.17) is 23.2 Å². The second kappa shape index (κ2) is 9.47. The first-order valence-electron chi connectivity index (χ1n) is 8.72. The molecular weight excluding hydrogens is 437 g/mol. The number of hydrogen-bond acceptors (Lipinski definition) is 4. The molecule has 0 aromatic heterocycles. The highest BCUT2D eigenvalue weighted by Crippen LogP contribution is 2.25. The maximum atomic E-state index is 12.7. The molecule has 29 heavy (non-hydrogen) atoms. The monoisotopic (exact) mass is 457 g/mol. The lowest BCUT2D eigenvalue weighted by Gasteiger charge is -2.15. The van der Waals surface area contributed by atoms with Crippen LogP contribution < -0.4 is 15.4 Å². The fraction of sp³-hybridized carbons (Fsp3) is 0.263. The van der Waals surface area contributed by atoms with E-state index < -0.39 is 22.0 Å². The predicted molar refractivity (Wildman–Crippen MR) is 114 cm³/mol. The molecule has 0 saturated heterocycles. The molecular formula is C19H21Cl2N3O4S. The molecule has 0 aliphatic rings. The van der Waals surface area contributed by atoms with Crippen LogP contribution in [0.15, 0.2) is 41.3 Å². The van der Waals surface area contributed by atoms with Crippen molar-refractivity contribution in [1.82, 2.24) is 10.6 Å². The summed E-state index contributed by atoms with van der Waals surface area (Å²) >= 11 is 12.1. The van der Waals surface area contributed by atoms with Crippen molar-refractivity contribution in [2.75, 3.05) is 11.3 Å². The van der Waals surface area contributed by atoms with Gasteiger partial charge < -0.3 is 10.6 Å². The van der Waals surface area contributed by atoms with E-state index >= 15 is 0 Å². The number of sulfonamides is 1. The summed E-state index contributed by atoms with van der Waals surface area (Å²) in [6.07, 6.45) is 0. The number of rotatable bonds is 7. The van der Waals surface area contributed by atoms with Crippen molar-refractivity contribution in [3.63, 3.8) is 0 Å². The number of aryl methyl sites for hydroxylation is 1. The summed E-state index contributed by atoms with van der Waals surface area (Å²) in [4.78, 5) is 24.1. The minimum atomic E-state index is -4.00. The quantitative estimate of drug-likeness (QED) is 0.592. The van der Waals surface area contributed by atoms with Gasteiger partial charge in [0.25, 0.3) is 15.9 Å². The van der Waals surface area contributed by atoms with E-state index in [0.29, 0.717) is 11.6 Å². The van der Waals surface area contributed by atoms with Gasteiger partial charge in [0.05, 0.1) is 21.2 Å². The van der Waals surface area contributed by atoms with Gasteiger partial charge >= 0.3 is 0 Å². The van der Waals surface area contributed by atoms with E-state index in [0.717, 1.165) is 11.6 Å². The van der Waals surface area contributed by atoms with Gasteiger partial charge in [-0.3, -0.25) is 14.3 Å². The van der Waals surface area contributed by atoms with Crippen LogP contribution in [0.3, 0.4) is 0 Å². The number of halogens is 2. The van der Waals surface area contributed by atoms with Crippen molar-refractivity contribution >= 4 is 50.7 Å². The molecule has 2 aromatic rings. The Morgan fingerprint density at radius 1 is 1.07 bits per heavy atom. The Morgan fingerprint density at radius 3 is 2.38 bits per heavy atom. The zero-order valence-electron chi connectivity index (χ0n) is 16.0. The second-order valence-corrected chi connectivity index (χ2v) is 8.80. The lowest BCUT2D eigenvalue weighted by molar-refractivity contribution is -0.122. The third kappa shape index (κ3) is 5.85. The first kappa shape index (κ1) is 23.0. The molecule has 2 rings (SSSR count). The van der Waals surface area contributed by atoms with Crippen LogP contribution in [0.4, 0.5) is 5.69 Å². The van der Waals surface area contributed by atoms with E-state index in [1.54, 1.807) is 26.0 Å². The number of carbonyl (C=O) groups is 2. The van der Waals surface area contributed by atoms with Gasteiger partial charge in [-0.1, -0.05) is 29.3 Å². The molecule has 1 atom stereocenters. The average molecular weight is 458 g/mol. The molecule has 2 aromatic carbocycles. The first-order chi connectivity index (χ1) is 13.5. The summed E-state index contributed by atoms with van der Waals surface area (Å²) < 4.78 is 27.8. The largest absolute Gasteiger partial charge is 0.355 e. The summed E-state index contributed by atoms with van der Waals surface area (Å²) in [5, 5.41) is 5.56. The highest BCUT2D eigenvalue weighted by Gasteiger charge is 2.21. The Balaban J connectivity index is 2.27. The Hall–Kier alpha value is -2.29. The molecule has 156 valence electrons. The Morgan fingerprint density at radius 2 is 1.76 bits per heavy atom. The minimum absolute atomic E-state index is 0.0583. The van der Waals surface area contributed by atoms with Gasteiger partial charge in [0.2, 0.25) is 5.91 Å². The maximum Gasteiger partial charge on any atom is 0.261 e. The van der Waals surface area contributed by atoms with Gasteiger partial charge in [-0.05, 0) is 56.7 Å². The van der Waals surface area contributed by atoms with Crippen LogP contribution in [0.2, 0.25) is 10.0 Å². The van der Waals surface area contributed by atoms with Gasteiger partial charge in [0.15, 0.2) is 0 Å². The van der Waals surface area contributed by atoms with Crippen molar-refractivity contribution in [3.05, 3.63) is 57.6 Å². The normalized spacial score (nSPS) is 12.2. The van der Waals surface area contributed by atoms with Crippen LogP contribution in [0.1, 0.15) is 29.8 Å². The van der Waals surface area contributed by atoms with E-state index in [-0.39, 0.29) is 27.1 Å². The molecule has 0 bridgehead atoms. The molecule has 10 heteroatoms. The van der Waals surface area contributed by atoms with Crippen LogP contribution in [-0.4, -0.2) is 32.8 Å². The number of likely N-dealkylation sites (N-methyl/N-ethyl adjacent to an activating group) is 1. The predicted octanol–water partition coefficient (Wildman–Crippen LogP) is 3.36. The van der Waals surface area contributed by atoms with Crippen LogP contribution in [0.5, 0.6) is 0 Å². The zero-order valence-corrected chi connectivity index (χ0v) is 18.4. The molecule has 0 fully saturated rings. The number of benzene rings is 2. The van der Waals surface area contributed by atoms with Crippen LogP contribution in [-0.2, 0) is 14.8 Å². The van der Waals surface area contributed by atoms with Crippen molar-refractivity contribution in [2.45, 2.75) is 31.7 Å². The molecule has 2 amide bonds. The topological polar surface area (TPSA) is 104 Å². The van der Waals surface area contributed by atoms with Crippen molar-refractivity contribution in [3.8, 4) is 0 Å². The molecule has 7 nitrogen and oxygen atoms in total. The smallest absolute Gasteiger partial charge is 0.261 e. The molecule has 3 N–H and O–H groups in total. The Kier molecular flexibility index (Phi) is 7.51. The fourth-order valence-corrected chi connectivity index (χ4v) is 3.84. The van der Waals surface area contributed by atoms with Crippen molar-refractivity contribution < 1.29 is 18.0 Å². The molecule has 0 saturated carbocycles. The van der Waals surface area contributed by atoms with Crippen LogP contribution in [0.25, 0.3) is 0 Å². The summed E-state index contributed by atoms with van der Waals surface area (Å²) in [6.45, 7) is 5.49. The van der Waals surface area contributed by atoms with Gasteiger partial charge in [0.1, 0.15) is 6.04 Å². The molecule has 0 spiro atoms. The molecule has 0 aliphatic carbocycles. The number of anilines is 1. The average Bonchev–Trinajstić information content (AvgIpc) is 2.64. The minimum Gasteiger partial charge on any atom is -0.355 e. The summed E-state index contributed by atoms with van der Waals surface area (Å²) in [5.74, 6) is -1.03. The van der Waals surface area contributed by atoms with Gasteiger partial charge in [-0.15, -0.1) is 0 Å². The highest BCUT2D eigenvalue weighted by atomic mass is 35.5. The fourth-order valence-electron chi connectivity index (χ4n) is 2.38. The number of nitrogens with one attached hydrogen (secondary N) is 3. The van der Waals surface area contributed by atoms with Gasteiger partial charge in [0, 0.05) is 11.6 Å². The lowest BCUT2D eigenvalue weighted by atomic mass is 10.2. The van der Waals surface area contributed by atoms with E-state index in [1.165, 1.54) is 25.1 Å². The second-order valence-electron chi connectivity index (χ2n) is 6.30. The third-order valence-electron chi connectivity index (χ3n) is 4.01. The lowest BCUT2D eigenvalue weighted by Crippen LogP contribution is -2.44. The van der Waals surface area contributed by atoms with Crippen LogP contribution >= 0.6 is 23.2 Å². The molecule has 0 heterocycles. The third-order valence-corrected chi connectivity index (χ3v) is 6.12. The van der Waals surface area contributed by atoms with Crippen LogP contribution in [0, 0.1) is 6.92 Å². The van der Waals surface area contributed by atoms with E-state index in [9.17, 15) is 18.0 Å². The summed E-state index contributed by atoms with van der Waals surface area (Å²) in [6, 6.07) is 7.69. The standard InChI is InChI=1S/C19H21Cl2N3O4S/c1-4-22-18(25)12(3)23-19(26)15-10-14(7-8-16(15)20)29(27,28)24-13-6-5-11(2)17(21)9-13/h5-10,12,24H,4H2,1-3H3,(H,22,25)(H,23,26). The molecule has 1 unspecified atom stereocenters. The maximum absolute atomic E-state index is 12.7. The van der Waals surface area contributed by atoms with Crippen molar-refractivity contribution in [1.29, 1.82) is 0 Å². The van der Waals surface area contributed by atoms with Crippen molar-refractivity contribution in [2.24, 2.45) is 0 Å². The summed E-state index contributed by atoms with van der Waals surface area (Å²) in [5.41, 5.74) is 1.03. The van der Waals surface area contributed by atoms with E-state index in [2.05, 4.69) is 15.4 Å². The van der Waals surface area contributed by atoms with E-state index in [1.807, 2.05) is 0 Å². The Bertz CT molecular complexity index is 1040.